The summed E-state index contributed by atoms with van der Waals surface area (Å²) in [5, 5.41) is 15.9. The van der Waals surface area contributed by atoms with Gasteiger partial charge in [-0.05, 0) is 37.9 Å². The van der Waals surface area contributed by atoms with Crippen molar-refractivity contribution < 1.29 is 9.90 Å². The number of nitrogens with zero attached hydrogens (tertiary/aromatic N) is 1. The van der Waals surface area contributed by atoms with Gasteiger partial charge in [0, 0.05) is 19.6 Å². The highest BCUT2D eigenvalue weighted by atomic mass is 16.3. The van der Waals surface area contributed by atoms with Crippen LogP contribution < -0.4 is 15.5 Å². The number of benzene rings is 1. The fourth-order valence-corrected chi connectivity index (χ4v) is 3.08. The normalized spacial score (nSPS) is 23.3. The molecule has 3 rings (SSSR count). The lowest BCUT2D eigenvalue weighted by Gasteiger charge is -2.33. The van der Waals surface area contributed by atoms with Crippen LogP contribution in [0.5, 0.6) is 0 Å². The molecule has 1 amide bonds. The minimum absolute atomic E-state index is 0.0706. The molecule has 1 aromatic rings. The average molecular weight is 289 g/mol. The number of amides is 1. The van der Waals surface area contributed by atoms with Gasteiger partial charge in [0.2, 0.25) is 5.91 Å². The third-order valence-electron chi connectivity index (χ3n) is 4.40. The average Bonchev–Trinajstić information content (AvgIpc) is 3.03. The van der Waals surface area contributed by atoms with Crippen molar-refractivity contribution in [3.63, 3.8) is 0 Å². The molecule has 0 aliphatic carbocycles. The first-order chi connectivity index (χ1) is 10.2. The number of carbonyl (C=O) groups is 1. The molecule has 1 unspecified atom stereocenters. The lowest BCUT2D eigenvalue weighted by molar-refractivity contribution is -0.119. The van der Waals surface area contributed by atoms with Gasteiger partial charge in [-0.3, -0.25) is 4.79 Å². The molecule has 114 valence electrons. The topological polar surface area (TPSA) is 64.6 Å². The molecule has 1 aromatic carbocycles. The minimum atomic E-state index is -0.187. The van der Waals surface area contributed by atoms with Crippen LogP contribution in [-0.2, 0) is 4.79 Å². The molecule has 21 heavy (non-hydrogen) atoms. The summed E-state index contributed by atoms with van der Waals surface area (Å²) in [6.45, 7) is 3.35. The molecule has 2 saturated heterocycles. The summed E-state index contributed by atoms with van der Waals surface area (Å²) in [6, 6.07) is 7.94. The molecule has 2 heterocycles. The SMILES string of the molecule is O=C(Nc1ccccc1N1CCC(O)CC1)C1CCNC1. The van der Waals surface area contributed by atoms with Gasteiger partial charge in [0.1, 0.15) is 0 Å². The molecule has 0 radical (unpaired) electrons. The summed E-state index contributed by atoms with van der Waals surface area (Å²) in [5.74, 6) is 0.172. The molecule has 3 N–H and O–H groups in total. The van der Waals surface area contributed by atoms with Crippen molar-refractivity contribution in [1.82, 2.24) is 5.32 Å². The Bertz CT molecular complexity index is 492. The Morgan fingerprint density at radius 1 is 1.24 bits per heavy atom. The molecule has 2 fully saturated rings. The van der Waals surface area contributed by atoms with Crippen molar-refractivity contribution >= 4 is 17.3 Å². The molecule has 0 bridgehead atoms. The molecule has 1 atom stereocenters. The molecule has 5 heteroatoms. The molecule has 5 nitrogen and oxygen atoms in total. The summed E-state index contributed by atoms with van der Waals surface area (Å²) < 4.78 is 0. The van der Waals surface area contributed by atoms with Gasteiger partial charge in [0.25, 0.3) is 0 Å². The molecule has 2 aliphatic rings. The zero-order chi connectivity index (χ0) is 14.7. The Kier molecular flexibility index (Phi) is 4.41. The maximum absolute atomic E-state index is 12.3. The van der Waals surface area contributed by atoms with Crippen LogP contribution in [0.1, 0.15) is 19.3 Å². The van der Waals surface area contributed by atoms with Gasteiger partial charge >= 0.3 is 0 Å². The number of aliphatic hydroxyl groups is 1. The van der Waals surface area contributed by atoms with Crippen LogP contribution in [0.3, 0.4) is 0 Å². The van der Waals surface area contributed by atoms with E-state index >= 15 is 0 Å². The number of hydrogen-bond acceptors (Lipinski definition) is 4. The fourth-order valence-electron chi connectivity index (χ4n) is 3.08. The van der Waals surface area contributed by atoms with Crippen LogP contribution in [0.4, 0.5) is 11.4 Å². The molecular formula is C16H23N3O2. The van der Waals surface area contributed by atoms with E-state index in [1.54, 1.807) is 0 Å². The number of anilines is 2. The van der Waals surface area contributed by atoms with Crippen LogP contribution >= 0.6 is 0 Å². The van der Waals surface area contributed by atoms with Gasteiger partial charge in [0.15, 0.2) is 0 Å². The standard InChI is InChI=1S/C16H23N3O2/c20-13-6-9-19(10-7-13)15-4-2-1-3-14(15)18-16(21)12-5-8-17-11-12/h1-4,12-13,17,20H,5-11H2,(H,18,21). The van der Waals surface area contributed by atoms with E-state index in [0.29, 0.717) is 0 Å². The minimum Gasteiger partial charge on any atom is -0.393 e. The van der Waals surface area contributed by atoms with Crippen molar-refractivity contribution in [1.29, 1.82) is 0 Å². The Morgan fingerprint density at radius 2 is 2.00 bits per heavy atom. The van der Waals surface area contributed by atoms with Crippen molar-refractivity contribution in [2.75, 3.05) is 36.4 Å². The van der Waals surface area contributed by atoms with E-state index in [1.165, 1.54) is 0 Å². The van der Waals surface area contributed by atoms with Crippen LogP contribution in [0.2, 0.25) is 0 Å². The fraction of sp³-hybridized carbons (Fsp3) is 0.562. The summed E-state index contributed by atoms with van der Waals surface area (Å²) in [4.78, 5) is 14.5. The number of para-hydroxylation sites is 2. The second-order valence-electron chi connectivity index (χ2n) is 5.91. The third-order valence-corrected chi connectivity index (χ3v) is 4.40. The van der Waals surface area contributed by atoms with Crippen LogP contribution in [0.15, 0.2) is 24.3 Å². The molecular weight excluding hydrogens is 266 g/mol. The number of carbonyl (C=O) groups excluding carboxylic acids is 1. The van der Waals surface area contributed by atoms with Crippen LogP contribution in [0.25, 0.3) is 0 Å². The quantitative estimate of drug-likeness (QED) is 0.782. The van der Waals surface area contributed by atoms with Crippen molar-refractivity contribution in [2.24, 2.45) is 5.92 Å². The van der Waals surface area contributed by atoms with Gasteiger partial charge in [0.05, 0.1) is 23.4 Å². The van der Waals surface area contributed by atoms with E-state index < -0.39 is 0 Å². The lowest BCUT2D eigenvalue weighted by Crippen LogP contribution is -2.36. The zero-order valence-electron chi connectivity index (χ0n) is 12.2. The van der Waals surface area contributed by atoms with E-state index in [0.717, 1.165) is 56.8 Å². The molecule has 0 spiro atoms. The van der Waals surface area contributed by atoms with E-state index in [2.05, 4.69) is 15.5 Å². The zero-order valence-corrected chi connectivity index (χ0v) is 12.2. The number of piperidine rings is 1. The van der Waals surface area contributed by atoms with E-state index in [1.807, 2.05) is 24.3 Å². The largest absolute Gasteiger partial charge is 0.393 e. The second kappa shape index (κ2) is 6.45. The third kappa shape index (κ3) is 3.36. The van der Waals surface area contributed by atoms with E-state index in [-0.39, 0.29) is 17.9 Å². The predicted molar refractivity (Wildman–Crippen MR) is 83.5 cm³/mol. The van der Waals surface area contributed by atoms with Crippen molar-refractivity contribution in [2.45, 2.75) is 25.4 Å². The Balaban J connectivity index is 1.71. The van der Waals surface area contributed by atoms with Crippen LogP contribution in [-0.4, -0.2) is 43.3 Å². The van der Waals surface area contributed by atoms with Gasteiger partial charge in [-0.1, -0.05) is 12.1 Å². The monoisotopic (exact) mass is 289 g/mol. The Hall–Kier alpha value is -1.59. The summed E-state index contributed by atoms with van der Waals surface area (Å²) in [7, 11) is 0. The summed E-state index contributed by atoms with van der Waals surface area (Å²) >= 11 is 0. The highest BCUT2D eigenvalue weighted by molar-refractivity contribution is 5.96. The second-order valence-corrected chi connectivity index (χ2v) is 5.91. The van der Waals surface area contributed by atoms with Gasteiger partial charge in [-0.2, -0.15) is 0 Å². The molecule has 2 aliphatic heterocycles. The summed E-state index contributed by atoms with van der Waals surface area (Å²) in [6.07, 6.45) is 2.29. The van der Waals surface area contributed by atoms with Gasteiger partial charge in [-0.25, -0.2) is 0 Å². The first-order valence-electron chi connectivity index (χ1n) is 7.77. The van der Waals surface area contributed by atoms with E-state index in [4.69, 9.17) is 0 Å². The maximum atomic E-state index is 12.3. The van der Waals surface area contributed by atoms with Crippen LogP contribution in [0, 0.1) is 5.92 Å². The van der Waals surface area contributed by atoms with Gasteiger partial charge < -0.3 is 20.6 Å². The smallest absolute Gasteiger partial charge is 0.228 e. The highest BCUT2D eigenvalue weighted by Crippen LogP contribution is 2.29. The van der Waals surface area contributed by atoms with Crippen molar-refractivity contribution in [3.8, 4) is 0 Å². The lowest BCUT2D eigenvalue weighted by atomic mass is 10.1. The van der Waals surface area contributed by atoms with E-state index in [9.17, 15) is 9.90 Å². The Morgan fingerprint density at radius 3 is 2.71 bits per heavy atom. The maximum Gasteiger partial charge on any atom is 0.228 e. The molecule has 0 aromatic heterocycles. The van der Waals surface area contributed by atoms with Gasteiger partial charge in [-0.15, -0.1) is 0 Å². The predicted octanol–water partition coefficient (Wildman–Crippen LogP) is 1.20. The first kappa shape index (κ1) is 14.4. The number of nitrogens with one attached hydrogen (secondary N) is 2. The van der Waals surface area contributed by atoms with Crippen molar-refractivity contribution in [3.05, 3.63) is 24.3 Å². The Labute approximate surface area is 125 Å². The number of aliphatic hydroxyl groups excluding tert-OH is 1. The highest BCUT2D eigenvalue weighted by Gasteiger charge is 2.24. The number of rotatable bonds is 3. The number of hydrogen-bond donors (Lipinski definition) is 3. The molecule has 0 saturated carbocycles. The summed E-state index contributed by atoms with van der Waals surface area (Å²) in [5.41, 5.74) is 1.94. The first-order valence-corrected chi connectivity index (χ1v) is 7.77.